The summed E-state index contributed by atoms with van der Waals surface area (Å²) in [5.41, 5.74) is 1.43. The molecule has 3 heterocycles. The van der Waals surface area contributed by atoms with Gasteiger partial charge in [-0.05, 0) is 67.9 Å². The van der Waals surface area contributed by atoms with Gasteiger partial charge in [0.15, 0.2) is 0 Å². The standard InChI is InChI=1S/C26H35N3O3S/c1-19-10-14-28(15-11-19)13-6-12-27-25(30)23-20-7-3-4-8-21(20)26(31)29(16-17-32-2)24(23)22-9-5-18-33-22/h3-5,7-9,18-19,23-24H,6,10-17H2,1-2H3,(H,27,30)/t23-,24+/m0/s1. The first kappa shape index (κ1) is 23.9. The summed E-state index contributed by atoms with van der Waals surface area (Å²) < 4.78 is 5.29. The van der Waals surface area contributed by atoms with Gasteiger partial charge in [0.2, 0.25) is 5.91 Å². The van der Waals surface area contributed by atoms with Gasteiger partial charge >= 0.3 is 0 Å². The Morgan fingerprint density at radius 3 is 2.67 bits per heavy atom. The molecular formula is C26H35N3O3S. The topological polar surface area (TPSA) is 61.9 Å². The third-order valence-electron chi connectivity index (χ3n) is 6.92. The van der Waals surface area contributed by atoms with Crippen molar-refractivity contribution in [2.24, 2.45) is 5.92 Å². The van der Waals surface area contributed by atoms with E-state index in [1.54, 1.807) is 18.4 Å². The first-order valence-corrected chi connectivity index (χ1v) is 12.9. The molecule has 0 radical (unpaired) electrons. The number of hydrogen-bond donors (Lipinski definition) is 1. The molecule has 2 atom stereocenters. The second-order valence-electron chi connectivity index (χ2n) is 9.19. The predicted octanol–water partition coefficient (Wildman–Crippen LogP) is 3.91. The minimum Gasteiger partial charge on any atom is -0.383 e. The van der Waals surface area contributed by atoms with Gasteiger partial charge in [-0.1, -0.05) is 31.2 Å². The number of hydrogen-bond acceptors (Lipinski definition) is 5. The van der Waals surface area contributed by atoms with Gasteiger partial charge in [0.05, 0.1) is 18.6 Å². The molecular weight excluding hydrogens is 434 g/mol. The van der Waals surface area contributed by atoms with Crippen molar-refractivity contribution in [2.75, 3.05) is 46.4 Å². The van der Waals surface area contributed by atoms with Crippen molar-refractivity contribution in [3.05, 3.63) is 57.8 Å². The molecule has 2 amide bonds. The highest BCUT2D eigenvalue weighted by atomic mass is 32.1. The van der Waals surface area contributed by atoms with Gasteiger partial charge < -0.3 is 19.9 Å². The van der Waals surface area contributed by atoms with Crippen molar-refractivity contribution in [1.82, 2.24) is 15.1 Å². The van der Waals surface area contributed by atoms with Crippen LogP contribution in [0, 0.1) is 5.92 Å². The molecule has 1 saturated heterocycles. The second kappa shape index (κ2) is 11.3. The van der Waals surface area contributed by atoms with E-state index in [-0.39, 0.29) is 17.9 Å². The molecule has 1 aromatic heterocycles. The molecule has 2 aliphatic heterocycles. The quantitative estimate of drug-likeness (QED) is 0.566. The van der Waals surface area contributed by atoms with Crippen LogP contribution >= 0.6 is 11.3 Å². The molecule has 0 saturated carbocycles. The van der Waals surface area contributed by atoms with E-state index in [2.05, 4.69) is 17.1 Å². The lowest BCUT2D eigenvalue weighted by Crippen LogP contribution is -2.48. The molecule has 1 N–H and O–H groups in total. The zero-order valence-electron chi connectivity index (χ0n) is 19.7. The van der Waals surface area contributed by atoms with Crippen molar-refractivity contribution in [3.63, 3.8) is 0 Å². The molecule has 0 unspecified atom stereocenters. The van der Waals surface area contributed by atoms with Crippen molar-refractivity contribution in [1.29, 1.82) is 0 Å². The Morgan fingerprint density at radius 1 is 1.15 bits per heavy atom. The first-order valence-electron chi connectivity index (χ1n) is 12.0. The molecule has 7 heteroatoms. The number of nitrogens with one attached hydrogen (secondary N) is 1. The lowest BCUT2D eigenvalue weighted by molar-refractivity contribution is -0.124. The minimum absolute atomic E-state index is 0.0111. The van der Waals surface area contributed by atoms with Crippen molar-refractivity contribution in [3.8, 4) is 0 Å². The maximum absolute atomic E-state index is 13.6. The zero-order valence-corrected chi connectivity index (χ0v) is 20.5. The van der Waals surface area contributed by atoms with Crippen LogP contribution in [0.5, 0.6) is 0 Å². The molecule has 1 fully saturated rings. The van der Waals surface area contributed by atoms with Crippen LogP contribution in [-0.2, 0) is 9.53 Å². The van der Waals surface area contributed by atoms with Crippen LogP contribution in [0.4, 0.5) is 0 Å². The zero-order chi connectivity index (χ0) is 23.2. The number of benzene rings is 1. The van der Waals surface area contributed by atoms with E-state index in [0.717, 1.165) is 42.4 Å². The number of ether oxygens (including phenoxy) is 1. The first-order chi connectivity index (χ1) is 16.1. The number of rotatable bonds is 9. The Hall–Kier alpha value is -2.22. The molecule has 1 aromatic carbocycles. The highest BCUT2D eigenvalue weighted by Gasteiger charge is 2.44. The maximum atomic E-state index is 13.6. The van der Waals surface area contributed by atoms with Crippen molar-refractivity contribution < 1.29 is 14.3 Å². The van der Waals surface area contributed by atoms with Crippen LogP contribution in [0.3, 0.4) is 0 Å². The van der Waals surface area contributed by atoms with E-state index in [9.17, 15) is 9.59 Å². The van der Waals surface area contributed by atoms with Crippen LogP contribution in [0.25, 0.3) is 0 Å². The van der Waals surface area contributed by atoms with E-state index in [1.807, 2.05) is 46.7 Å². The highest BCUT2D eigenvalue weighted by molar-refractivity contribution is 7.10. The van der Waals surface area contributed by atoms with E-state index < -0.39 is 5.92 Å². The monoisotopic (exact) mass is 469 g/mol. The fourth-order valence-electron chi connectivity index (χ4n) is 5.00. The summed E-state index contributed by atoms with van der Waals surface area (Å²) in [5.74, 6) is 0.336. The second-order valence-corrected chi connectivity index (χ2v) is 10.2. The number of fused-ring (bicyclic) bond motifs is 1. The molecule has 0 aliphatic carbocycles. The Morgan fingerprint density at radius 2 is 1.94 bits per heavy atom. The summed E-state index contributed by atoms with van der Waals surface area (Å²) in [4.78, 5) is 32.3. The summed E-state index contributed by atoms with van der Waals surface area (Å²) in [6, 6.07) is 11.2. The van der Waals surface area contributed by atoms with Gasteiger partial charge in [0.25, 0.3) is 5.91 Å². The van der Waals surface area contributed by atoms with Crippen molar-refractivity contribution >= 4 is 23.2 Å². The predicted molar refractivity (Wildman–Crippen MR) is 132 cm³/mol. The van der Waals surface area contributed by atoms with Crippen LogP contribution in [0.15, 0.2) is 41.8 Å². The van der Waals surface area contributed by atoms with Gasteiger partial charge in [0.1, 0.15) is 0 Å². The lowest BCUT2D eigenvalue weighted by atomic mass is 9.81. The lowest BCUT2D eigenvalue weighted by Gasteiger charge is -2.41. The fraction of sp³-hybridized carbons (Fsp3) is 0.538. The van der Waals surface area contributed by atoms with Gasteiger partial charge in [-0.2, -0.15) is 0 Å². The maximum Gasteiger partial charge on any atom is 0.254 e. The van der Waals surface area contributed by atoms with Crippen molar-refractivity contribution in [2.45, 2.75) is 38.1 Å². The Balaban J connectivity index is 1.51. The average Bonchev–Trinajstić information content (AvgIpc) is 3.37. The molecule has 2 aliphatic rings. The number of likely N-dealkylation sites (tertiary alicyclic amines) is 1. The van der Waals surface area contributed by atoms with Gasteiger partial charge in [-0.25, -0.2) is 0 Å². The van der Waals surface area contributed by atoms with E-state index >= 15 is 0 Å². The van der Waals surface area contributed by atoms with E-state index in [4.69, 9.17) is 4.74 Å². The number of thiophene rings is 1. The van der Waals surface area contributed by atoms with Gasteiger partial charge in [-0.15, -0.1) is 11.3 Å². The van der Waals surface area contributed by atoms with Crippen LogP contribution < -0.4 is 5.32 Å². The molecule has 33 heavy (non-hydrogen) atoms. The van der Waals surface area contributed by atoms with E-state index in [1.165, 1.54) is 12.8 Å². The van der Waals surface area contributed by atoms with Crippen LogP contribution in [-0.4, -0.2) is 68.1 Å². The van der Waals surface area contributed by atoms with E-state index in [0.29, 0.717) is 25.3 Å². The Kier molecular flexibility index (Phi) is 8.17. The molecule has 0 spiro atoms. The Labute approximate surface area is 200 Å². The number of amides is 2. The molecule has 6 nitrogen and oxygen atoms in total. The average molecular weight is 470 g/mol. The normalized spacial score (nSPS) is 21.8. The molecule has 0 bridgehead atoms. The minimum atomic E-state index is -0.440. The number of nitrogens with zero attached hydrogens (tertiary/aromatic N) is 2. The third-order valence-corrected chi connectivity index (χ3v) is 7.86. The molecule has 178 valence electrons. The summed E-state index contributed by atoms with van der Waals surface area (Å²) in [6.07, 6.45) is 3.46. The SMILES string of the molecule is COCCN1C(=O)c2ccccc2[C@H](C(=O)NCCCN2CCC(C)CC2)[C@H]1c1cccs1. The number of carbonyl (C=O) groups is 2. The smallest absolute Gasteiger partial charge is 0.254 e. The number of piperidine rings is 1. The van der Waals surface area contributed by atoms with Crippen LogP contribution in [0.2, 0.25) is 0 Å². The summed E-state index contributed by atoms with van der Waals surface area (Å²) in [7, 11) is 1.63. The summed E-state index contributed by atoms with van der Waals surface area (Å²) >= 11 is 1.59. The summed E-state index contributed by atoms with van der Waals surface area (Å²) in [6.45, 7) is 7.17. The highest BCUT2D eigenvalue weighted by Crippen LogP contribution is 2.44. The Bertz CT molecular complexity index is 925. The number of carbonyl (C=O) groups excluding carboxylic acids is 2. The third kappa shape index (κ3) is 5.48. The molecule has 4 rings (SSSR count). The van der Waals surface area contributed by atoms with Gasteiger partial charge in [-0.3, -0.25) is 9.59 Å². The molecule has 2 aromatic rings. The number of methoxy groups -OCH3 is 1. The largest absolute Gasteiger partial charge is 0.383 e. The fourth-order valence-corrected chi connectivity index (χ4v) is 5.87. The van der Waals surface area contributed by atoms with Gasteiger partial charge in [0, 0.05) is 30.6 Å². The summed E-state index contributed by atoms with van der Waals surface area (Å²) in [5, 5.41) is 5.20. The van der Waals surface area contributed by atoms with Crippen LogP contribution in [0.1, 0.15) is 58.9 Å².